The molecule has 1 aliphatic heterocycles. The number of halogens is 3. The number of nitrogens with one attached hydrogen (secondary N) is 2. The van der Waals surface area contributed by atoms with Crippen molar-refractivity contribution in [2.75, 3.05) is 20.2 Å². The predicted molar refractivity (Wildman–Crippen MR) is 122 cm³/mol. The Morgan fingerprint density at radius 3 is 2.55 bits per heavy atom. The van der Waals surface area contributed by atoms with Crippen molar-refractivity contribution in [3.8, 4) is 5.75 Å². The number of hydrogen-bond donors (Lipinski definition) is 3. The van der Waals surface area contributed by atoms with Crippen LogP contribution in [0.5, 0.6) is 5.75 Å². The van der Waals surface area contributed by atoms with E-state index in [9.17, 15) is 18.0 Å². The van der Waals surface area contributed by atoms with E-state index in [4.69, 9.17) is 15.9 Å². The number of aliphatic imine (C=N–C) groups is 1. The third-order valence-electron chi connectivity index (χ3n) is 5.09. The van der Waals surface area contributed by atoms with Crippen LogP contribution in [0.25, 0.3) is 0 Å². The van der Waals surface area contributed by atoms with Gasteiger partial charge in [0, 0.05) is 18.6 Å². The summed E-state index contributed by atoms with van der Waals surface area (Å²) in [5, 5.41) is 9.89. The molecule has 0 spiro atoms. The summed E-state index contributed by atoms with van der Waals surface area (Å²) in [5.74, 6) is -0.229. The van der Waals surface area contributed by atoms with Crippen LogP contribution in [-0.2, 0) is 4.79 Å². The fraction of sp³-hybridized carbons (Fsp3) is 0.348. The van der Waals surface area contributed by atoms with Gasteiger partial charge in [0.2, 0.25) is 5.91 Å². The van der Waals surface area contributed by atoms with Gasteiger partial charge in [0.25, 0.3) is 0 Å². The molecule has 178 valence electrons. The number of hydrogen-bond acceptors (Lipinski definition) is 6. The first-order chi connectivity index (χ1) is 15.6. The van der Waals surface area contributed by atoms with Crippen LogP contribution >= 0.6 is 0 Å². The van der Waals surface area contributed by atoms with Gasteiger partial charge in [-0.2, -0.15) is 13.2 Å². The van der Waals surface area contributed by atoms with Gasteiger partial charge in [0.1, 0.15) is 18.1 Å². The lowest BCUT2D eigenvalue weighted by Crippen LogP contribution is -2.41. The maximum atomic E-state index is 13.3. The topological polar surface area (TPSA) is 104 Å². The van der Waals surface area contributed by atoms with E-state index in [0.29, 0.717) is 28.9 Å². The van der Waals surface area contributed by atoms with Crippen molar-refractivity contribution in [3.63, 3.8) is 0 Å². The summed E-state index contributed by atoms with van der Waals surface area (Å²) in [6.45, 7) is 2.45. The Kier molecular flexibility index (Phi) is 8.84. The van der Waals surface area contributed by atoms with Crippen LogP contribution in [0.2, 0.25) is 0 Å². The number of nitrogens with two attached hydrogens (primary N) is 1. The van der Waals surface area contributed by atoms with Gasteiger partial charge in [0.15, 0.2) is 0 Å². The lowest BCUT2D eigenvalue weighted by atomic mass is 9.84. The number of amides is 1. The van der Waals surface area contributed by atoms with Crippen molar-refractivity contribution >= 4 is 18.3 Å². The molecular weight excluding hydrogens is 435 g/mol. The number of ether oxygens (including phenoxy) is 1. The highest BCUT2D eigenvalue weighted by Crippen LogP contribution is 2.34. The number of rotatable bonds is 9. The van der Waals surface area contributed by atoms with Crippen LogP contribution in [0, 0.1) is 5.41 Å². The maximum absolute atomic E-state index is 13.3. The molecule has 1 unspecified atom stereocenters. The van der Waals surface area contributed by atoms with E-state index in [1.807, 2.05) is 0 Å². The second kappa shape index (κ2) is 11.3. The van der Waals surface area contributed by atoms with Gasteiger partial charge in [-0.3, -0.25) is 4.79 Å². The highest BCUT2D eigenvalue weighted by atomic mass is 19.4. The highest BCUT2D eigenvalue weighted by Gasteiger charge is 2.35. The van der Waals surface area contributed by atoms with Gasteiger partial charge in [-0.15, -0.1) is 0 Å². The van der Waals surface area contributed by atoms with Crippen molar-refractivity contribution in [1.29, 1.82) is 5.41 Å². The van der Waals surface area contributed by atoms with Crippen LogP contribution in [0.4, 0.5) is 13.2 Å². The monoisotopic (exact) mass is 463 g/mol. The van der Waals surface area contributed by atoms with Crippen molar-refractivity contribution in [2.45, 2.75) is 32.4 Å². The molecule has 1 aliphatic rings. The number of methoxy groups -OCH3 is 1. The molecule has 4 N–H and O–H groups in total. The van der Waals surface area contributed by atoms with Gasteiger partial charge in [-0.25, -0.2) is 4.99 Å². The summed E-state index contributed by atoms with van der Waals surface area (Å²) < 4.78 is 43.1. The van der Waals surface area contributed by atoms with Crippen molar-refractivity contribution in [3.05, 3.63) is 64.8 Å². The Hall–Kier alpha value is -3.56. The summed E-state index contributed by atoms with van der Waals surface area (Å²) in [5.41, 5.74) is 7.87. The summed E-state index contributed by atoms with van der Waals surface area (Å²) >= 11 is 0. The van der Waals surface area contributed by atoms with Crippen LogP contribution in [0.3, 0.4) is 0 Å². The predicted octanol–water partition coefficient (Wildman–Crippen LogP) is 3.86. The summed E-state index contributed by atoms with van der Waals surface area (Å²) in [4.78, 5) is 18.9. The summed E-state index contributed by atoms with van der Waals surface area (Å²) in [6.07, 6.45) is 1.25. The Labute approximate surface area is 191 Å². The van der Waals surface area contributed by atoms with E-state index in [0.717, 1.165) is 6.21 Å². The first-order valence-corrected chi connectivity index (χ1v) is 10.3. The minimum atomic E-state index is -4.38. The largest absolute Gasteiger partial charge is 0.497 e. The molecule has 1 amide bonds. The van der Waals surface area contributed by atoms with Crippen LogP contribution in [-0.4, -0.2) is 49.6 Å². The number of alkyl halides is 3. The molecule has 1 heterocycles. The normalized spacial score (nSPS) is 18.2. The Balaban J connectivity index is 2.48. The molecule has 1 aromatic rings. The fourth-order valence-electron chi connectivity index (χ4n) is 3.37. The highest BCUT2D eigenvalue weighted by molar-refractivity contribution is 5.98. The average Bonchev–Trinajstić information content (AvgIpc) is 2.78. The third kappa shape index (κ3) is 6.71. The first kappa shape index (κ1) is 25.7. The van der Waals surface area contributed by atoms with Crippen LogP contribution in [0.1, 0.15) is 31.7 Å². The second-order valence-electron chi connectivity index (χ2n) is 7.30. The molecule has 7 nitrogen and oxygen atoms in total. The zero-order chi connectivity index (χ0) is 24.6. The Morgan fingerprint density at radius 1 is 1.36 bits per heavy atom. The minimum Gasteiger partial charge on any atom is -0.497 e. The van der Waals surface area contributed by atoms with Crippen molar-refractivity contribution < 1.29 is 22.7 Å². The van der Waals surface area contributed by atoms with Crippen molar-refractivity contribution in [1.82, 2.24) is 10.2 Å². The molecular formula is C23H28F3N5O2. The Bertz CT molecular complexity index is 979. The average molecular weight is 464 g/mol. The lowest BCUT2D eigenvalue weighted by Gasteiger charge is -2.34. The Morgan fingerprint density at radius 2 is 2.03 bits per heavy atom. The van der Waals surface area contributed by atoms with Gasteiger partial charge in [0.05, 0.1) is 25.3 Å². The standard InChI is InChI=1S/C23H28F3N5O2/c1-4-5-20(30-14-23(24,25)26)29-12-17-13-31(18(10-27)11-28)22(32)21(15(17)2)16-6-8-19(33-3)9-7-16/h5-12,21,27,30H,4,13-14,28H2,1-3H3/b18-11+,20-5-,27-10?,29-12-. The quantitative estimate of drug-likeness (QED) is 0.484. The molecule has 0 aliphatic carbocycles. The van der Waals surface area contributed by atoms with E-state index in [-0.39, 0.29) is 24.0 Å². The molecule has 33 heavy (non-hydrogen) atoms. The molecule has 1 aromatic carbocycles. The summed E-state index contributed by atoms with van der Waals surface area (Å²) in [6, 6.07) is 7.02. The van der Waals surface area contributed by atoms with E-state index in [2.05, 4.69) is 10.3 Å². The molecule has 1 atom stereocenters. The lowest BCUT2D eigenvalue weighted by molar-refractivity contribution is -0.130. The van der Waals surface area contributed by atoms with Crippen LogP contribution < -0.4 is 15.8 Å². The van der Waals surface area contributed by atoms with E-state index >= 15 is 0 Å². The van der Waals surface area contributed by atoms with Gasteiger partial charge in [-0.1, -0.05) is 19.1 Å². The number of nitrogens with zero attached hydrogens (tertiary/aromatic N) is 2. The molecule has 10 heteroatoms. The molecule has 0 bridgehead atoms. The SMILES string of the molecule is CC/C=C(/N=C\C1=C(C)C(c2ccc(OC)cc2)C(=O)N(/C(C=N)=C/N)C1)NCC(F)(F)F. The fourth-order valence-corrected chi connectivity index (χ4v) is 3.37. The molecule has 2 rings (SSSR count). The van der Waals surface area contributed by atoms with E-state index in [1.165, 1.54) is 17.3 Å². The number of carbonyl (C=O) groups excluding carboxylic acids is 1. The molecule has 0 aromatic heterocycles. The van der Waals surface area contributed by atoms with Crippen LogP contribution in [0.15, 0.2) is 64.2 Å². The van der Waals surface area contributed by atoms with Gasteiger partial charge >= 0.3 is 6.18 Å². The zero-order valence-electron chi connectivity index (χ0n) is 18.7. The third-order valence-corrected chi connectivity index (χ3v) is 5.09. The molecule has 0 radical (unpaired) electrons. The molecule has 0 saturated heterocycles. The van der Waals surface area contributed by atoms with E-state index < -0.39 is 18.6 Å². The maximum Gasteiger partial charge on any atom is 0.405 e. The molecule has 0 fully saturated rings. The zero-order valence-corrected chi connectivity index (χ0v) is 18.7. The second-order valence-corrected chi connectivity index (χ2v) is 7.30. The number of benzene rings is 1. The summed E-state index contributed by atoms with van der Waals surface area (Å²) in [7, 11) is 1.54. The van der Waals surface area contributed by atoms with Crippen molar-refractivity contribution in [2.24, 2.45) is 10.7 Å². The smallest absolute Gasteiger partial charge is 0.405 e. The van der Waals surface area contributed by atoms with E-state index in [1.54, 1.807) is 51.3 Å². The first-order valence-electron chi connectivity index (χ1n) is 10.3. The number of allylic oxidation sites excluding steroid dienone is 2. The number of carbonyl (C=O) groups is 1. The molecule has 0 saturated carbocycles. The van der Waals surface area contributed by atoms with Gasteiger partial charge in [-0.05, 0) is 48.3 Å². The minimum absolute atomic E-state index is 0.0813. The van der Waals surface area contributed by atoms with Gasteiger partial charge < -0.3 is 26.1 Å².